The van der Waals surface area contributed by atoms with Crippen LogP contribution in [0.1, 0.15) is 22.3 Å². The van der Waals surface area contributed by atoms with E-state index < -0.39 is 15.9 Å². The molecule has 1 aliphatic heterocycles. The average Bonchev–Trinajstić information content (AvgIpc) is 3.16. The highest BCUT2D eigenvalue weighted by molar-refractivity contribution is 7.92. The van der Waals surface area contributed by atoms with E-state index in [1.54, 1.807) is 12.1 Å². The highest BCUT2D eigenvalue weighted by atomic mass is 35.5. The van der Waals surface area contributed by atoms with Crippen molar-refractivity contribution in [1.82, 2.24) is 5.32 Å². The summed E-state index contributed by atoms with van der Waals surface area (Å²) >= 11 is 12.2. The Bertz CT molecular complexity index is 989. The number of halogens is 2. The smallest absolute Gasteiger partial charge is 0.261 e. The first kappa shape index (κ1) is 20.9. The molecule has 1 atom stereocenters. The van der Waals surface area contributed by atoms with E-state index in [1.807, 2.05) is 6.92 Å². The van der Waals surface area contributed by atoms with Crippen LogP contribution in [0, 0.1) is 12.8 Å². The van der Waals surface area contributed by atoms with Crippen molar-refractivity contribution in [2.75, 3.05) is 24.5 Å². The van der Waals surface area contributed by atoms with Crippen molar-refractivity contribution < 1.29 is 17.9 Å². The lowest BCUT2D eigenvalue weighted by Gasteiger charge is -2.13. The van der Waals surface area contributed by atoms with Crippen molar-refractivity contribution in [3.05, 3.63) is 57.6 Å². The molecule has 1 fully saturated rings. The van der Waals surface area contributed by atoms with Crippen LogP contribution in [0.4, 0.5) is 5.69 Å². The zero-order valence-electron chi connectivity index (χ0n) is 15.2. The zero-order chi connectivity index (χ0) is 20.3. The highest BCUT2D eigenvalue weighted by Crippen LogP contribution is 2.25. The first-order chi connectivity index (χ1) is 13.3. The van der Waals surface area contributed by atoms with E-state index in [0.717, 1.165) is 12.0 Å². The number of sulfonamides is 1. The summed E-state index contributed by atoms with van der Waals surface area (Å²) < 4.78 is 33.2. The summed E-state index contributed by atoms with van der Waals surface area (Å²) in [4.78, 5) is 12.4. The molecule has 1 amide bonds. The first-order valence-corrected chi connectivity index (χ1v) is 10.9. The Morgan fingerprint density at radius 3 is 2.64 bits per heavy atom. The molecule has 28 heavy (non-hydrogen) atoms. The predicted octanol–water partition coefficient (Wildman–Crippen LogP) is 3.87. The summed E-state index contributed by atoms with van der Waals surface area (Å²) in [6.07, 6.45) is 0.880. The maximum absolute atomic E-state index is 12.7. The standard InChI is InChI=1S/C19H20Cl2N2O4S/c1-12-2-3-14(8-18(12)21)23-28(25,26)15-4-5-17(20)16(9-15)19(24)22-10-13-6-7-27-11-13/h2-5,8-9,13,23H,6-7,10-11H2,1H3,(H,22,24). The topological polar surface area (TPSA) is 84.5 Å². The number of carbonyl (C=O) groups is 1. The van der Waals surface area contributed by atoms with Gasteiger partial charge in [-0.15, -0.1) is 0 Å². The number of amides is 1. The van der Waals surface area contributed by atoms with Crippen molar-refractivity contribution in [1.29, 1.82) is 0 Å². The van der Waals surface area contributed by atoms with Crippen LogP contribution in [-0.2, 0) is 14.8 Å². The number of hydrogen-bond acceptors (Lipinski definition) is 4. The van der Waals surface area contributed by atoms with Gasteiger partial charge in [0.05, 0.1) is 27.8 Å². The van der Waals surface area contributed by atoms with Crippen molar-refractivity contribution in [2.45, 2.75) is 18.2 Å². The third-order valence-electron chi connectivity index (χ3n) is 4.49. The monoisotopic (exact) mass is 442 g/mol. The second-order valence-electron chi connectivity index (χ2n) is 6.65. The second kappa shape index (κ2) is 8.69. The molecule has 2 aromatic carbocycles. The molecule has 1 aliphatic rings. The van der Waals surface area contributed by atoms with Crippen LogP contribution < -0.4 is 10.0 Å². The maximum atomic E-state index is 12.7. The Hall–Kier alpha value is -1.80. The molecule has 9 heteroatoms. The third-order valence-corrected chi connectivity index (χ3v) is 6.61. The van der Waals surface area contributed by atoms with Crippen molar-refractivity contribution in [3.8, 4) is 0 Å². The molecule has 1 unspecified atom stereocenters. The molecule has 0 bridgehead atoms. The highest BCUT2D eigenvalue weighted by Gasteiger charge is 2.21. The molecule has 150 valence electrons. The second-order valence-corrected chi connectivity index (χ2v) is 9.15. The fraction of sp³-hybridized carbons (Fsp3) is 0.316. The van der Waals surface area contributed by atoms with Gasteiger partial charge in [0.1, 0.15) is 0 Å². The molecule has 6 nitrogen and oxygen atoms in total. The lowest BCUT2D eigenvalue weighted by atomic mass is 10.1. The molecule has 0 radical (unpaired) electrons. The van der Waals surface area contributed by atoms with Gasteiger partial charge in [-0.25, -0.2) is 8.42 Å². The van der Waals surface area contributed by atoms with Crippen LogP contribution in [0.5, 0.6) is 0 Å². The van der Waals surface area contributed by atoms with Crippen molar-refractivity contribution in [2.24, 2.45) is 5.92 Å². The summed E-state index contributed by atoms with van der Waals surface area (Å²) in [7, 11) is -3.91. The van der Waals surface area contributed by atoms with Gasteiger partial charge in [0.2, 0.25) is 0 Å². The molecule has 1 heterocycles. The van der Waals surface area contributed by atoms with Gasteiger partial charge in [-0.3, -0.25) is 9.52 Å². The lowest BCUT2D eigenvalue weighted by Crippen LogP contribution is -2.30. The van der Waals surface area contributed by atoms with Gasteiger partial charge in [-0.1, -0.05) is 29.3 Å². The largest absolute Gasteiger partial charge is 0.381 e. The summed E-state index contributed by atoms with van der Waals surface area (Å²) in [6.45, 7) is 3.56. The number of aryl methyl sites for hydroxylation is 1. The van der Waals surface area contributed by atoms with E-state index in [-0.39, 0.29) is 21.4 Å². The summed E-state index contributed by atoms with van der Waals surface area (Å²) in [5, 5.41) is 3.42. The normalized spacial score (nSPS) is 16.8. The minimum Gasteiger partial charge on any atom is -0.381 e. The Labute approximate surface area is 174 Å². The van der Waals surface area contributed by atoms with Crippen LogP contribution in [0.25, 0.3) is 0 Å². The minimum absolute atomic E-state index is 0.0667. The van der Waals surface area contributed by atoms with E-state index in [1.165, 1.54) is 24.3 Å². The summed E-state index contributed by atoms with van der Waals surface area (Å²) in [6, 6.07) is 8.87. The Balaban J connectivity index is 1.78. The fourth-order valence-corrected chi connectivity index (χ4v) is 4.25. The molecule has 3 rings (SSSR count). The fourth-order valence-electron chi connectivity index (χ4n) is 2.79. The Morgan fingerprint density at radius 1 is 1.18 bits per heavy atom. The van der Waals surface area contributed by atoms with E-state index in [9.17, 15) is 13.2 Å². The molecule has 2 N–H and O–H groups in total. The quantitative estimate of drug-likeness (QED) is 0.710. The van der Waals surface area contributed by atoms with Gasteiger partial charge in [0, 0.05) is 24.1 Å². The first-order valence-electron chi connectivity index (χ1n) is 8.71. The van der Waals surface area contributed by atoms with Crippen LogP contribution in [0.15, 0.2) is 41.3 Å². The molecule has 2 aromatic rings. The van der Waals surface area contributed by atoms with Crippen molar-refractivity contribution >= 4 is 44.8 Å². The molecule has 0 spiro atoms. The molecular weight excluding hydrogens is 423 g/mol. The van der Waals surface area contributed by atoms with Gasteiger partial charge < -0.3 is 10.1 Å². The summed E-state index contributed by atoms with van der Waals surface area (Å²) in [5.74, 6) is -0.171. The van der Waals surface area contributed by atoms with Gasteiger partial charge in [-0.2, -0.15) is 0 Å². The minimum atomic E-state index is -3.91. The Kier molecular flexibility index (Phi) is 6.50. The van der Waals surface area contributed by atoms with Gasteiger partial charge in [-0.05, 0) is 49.2 Å². The lowest BCUT2D eigenvalue weighted by molar-refractivity contribution is 0.0945. The van der Waals surface area contributed by atoms with E-state index in [4.69, 9.17) is 27.9 Å². The number of anilines is 1. The van der Waals surface area contributed by atoms with Gasteiger partial charge >= 0.3 is 0 Å². The van der Waals surface area contributed by atoms with Crippen LogP contribution in [-0.4, -0.2) is 34.1 Å². The van der Waals surface area contributed by atoms with E-state index >= 15 is 0 Å². The van der Waals surface area contributed by atoms with E-state index in [2.05, 4.69) is 10.0 Å². The van der Waals surface area contributed by atoms with Crippen LogP contribution in [0.2, 0.25) is 10.0 Å². The van der Waals surface area contributed by atoms with E-state index in [0.29, 0.717) is 30.5 Å². The van der Waals surface area contributed by atoms with Crippen LogP contribution >= 0.6 is 23.2 Å². The number of hydrogen-bond donors (Lipinski definition) is 2. The number of rotatable bonds is 6. The average molecular weight is 443 g/mol. The number of nitrogens with one attached hydrogen (secondary N) is 2. The molecule has 1 saturated heterocycles. The number of ether oxygens (including phenoxy) is 1. The third kappa shape index (κ3) is 4.97. The predicted molar refractivity (Wildman–Crippen MR) is 110 cm³/mol. The molecule has 0 aliphatic carbocycles. The summed E-state index contributed by atoms with van der Waals surface area (Å²) in [5.41, 5.74) is 1.27. The SMILES string of the molecule is Cc1ccc(NS(=O)(=O)c2ccc(Cl)c(C(=O)NCC3CCOC3)c2)cc1Cl. The molecular formula is C19H20Cl2N2O4S. The molecule has 0 aromatic heterocycles. The Morgan fingerprint density at radius 2 is 1.96 bits per heavy atom. The van der Waals surface area contributed by atoms with Crippen LogP contribution in [0.3, 0.4) is 0 Å². The zero-order valence-corrected chi connectivity index (χ0v) is 17.5. The van der Waals surface area contributed by atoms with Crippen molar-refractivity contribution in [3.63, 3.8) is 0 Å². The number of benzene rings is 2. The maximum Gasteiger partial charge on any atom is 0.261 e. The number of carbonyl (C=O) groups excluding carboxylic acids is 1. The van der Waals surface area contributed by atoms with Gasteiger partial charge in [0.15, 0.2) is 0 Å². The molecule has 0 saturated carbocycles. The van der Waals surface area contributed by atoms with Gasteiger partial charge in [0.25, 0.3) is 15.9 Å².